The van der Waals surface area contributed by atoms with Crippen LogP contribution in [0.1, 0.15) is 12.8 Å². The molecular weight excluding hydrogens is 268 g/mol. The molecule has 5 heteroatoms. The minimum atomic E-state index is -0.219. The van der Waals surface area contributed by atoms with Crippen molar-refractivity contribution < 1.29 is 14.6 Å². The van der Waals surface area contributed by atoms with Gasteiger partial charge in [0.25, 0.3) is 0 Å². The number of anilines is 1. The van der Waals surface area contributed by atoms with Gasteiger partial charge >= 0.3 is 0 Å². The van der Waals surface area contributed by atoms with E-state index >= 15 is 0 Å². The van der Waals surface area contributed by atoms with E-state index in [2.05, 4.69) is 10.2 Å². The lowest BCUT2D eigenvalue weighted by Crippen LogP contribution is -2.27. The maximum atomic E-state index is 12.0. The quantitative estimate of drug-likeness (QED) is 0.606. The third-order valence-electron chi connectivity index (χ3n) is 3.21. The predicted octanol–water partition coefficient (Wildman–Crippen LogP) is 2.46. The molecule has 2 aromatic rings. The number of rotatable bonds is 7. The van der Waals surface area contributed by atoms with Crippen molar-refractivity contribution >= 4 is 22.4 Å². The molecule has 112 valence electrons. The summed E-state index contributed by atoms with van der Waals surface area (Å²) in [6.45, 7) is 0.276. The summed E-state index contributed by atoms with van der Waals surface area (Å²) in [5.41, 5.74) is 6.63. The summed E-state index contributed by atoms with van der Waals surface area (Å²) in [7, 11) is 1.43. The third-order valence-corrected chi connectivity index (χ3v) is 3.21. The van der Waals surface area contributed by atoms with Crippen LogP contribution < -0.4 is 11.1 Å². The van der Waals surface area contributed by atoms with Gasteiger partial charge in [0.05, 0.1) is 13.7 Å². The van der Waals surface area contributed by atoms with Gasteiger partial charge in [0.2, 0.25) is 5.91 Å². The van der Waals surface area contributed by atoms with Gasteiger partial charge in [0.15, 0.2) is 0 Å². The van der Waals surface area contributed by atoms with Crippen molar-refractivity contribution in [2.45, 2.75) is 18.9 Å². The second kappa shape index (κ2) is 7.73. The molecule has 21 heavy (non-hydrogen) atoms. The third kappa shape index (κ3) is 4.53. The minimum absolute atomic E-state index is 0.0563. The van der Waals surface area contributed by atoms with Gasteiger partial charge in [-0.25, -0.2) is 9.78 Å². The van der Waals surface area contributed by atoms with Gasteiger partial charge in [-0.05, 0) is 17.9 Å². The summed E-state index contributed by atoms with van der Waals surface area (Å²) in [5, 5.41) is 5.06. The number of fused-ring (bicyclic) bond motifs is 1. The first-order valence-electron chi connectivity index (χ1n) is 6.89. The van der Waals surface area contributed by atoms with Crippen LogP contribution in [0.3, 0.4) is 0 Å². The van der Waals surface area contributed by atoms with Crippen molar-refractivity contribution in [2.75, 3.05) is 19.0 Å². The molecule has 3 N–H and O–H groups in total. The molecule has 0 aliphatic carbocycles. The number of benzene rings is 2. The summed E-state index contributed by atoms with van der Waals surface area (Å²) in [5.74, 6) is -0.0563. The van der Waals surface area contributed by atoms with Gasteiger partial charge in [0.1, 0.15) is 0 Å². The number of carbonyl (C=O) groups is 1. The molecule has 1 amide bonds. The molecule has 0 unspecified atom stereocenters. The van der Waals surface area contributed by atoms with Crippen molar-refractivity contribution in [3.8, 4) is 0 Å². The Morgan fingerprint density at radius 3 is 2.81 bits per heavy atom. The lowest BCUT2D eigenvalue weighted by Gasteiger charge is -2.11. The number of carbonyl (C=O) groups excluding carboxylic acids is 1. The summed E-state index contributed by atoms with van der Waals surface area (Å²) in [4.78, 5) is 21.2. The standard InChI is InChI=1S/C16H20N2O3/c1-20-21-11-13(17)9-10-16(19)18-15-8-4-6-12-5-2-3-7-14(12)15/h2-8,13H,9-11,17H2,1H3,(H,18,19)/t13-/m0/s1. The molecule has 0 aliphatic rings. The molecule has 0 spiro atoms. The SMILES string of the molecule is COOC[C@@H](N)CCC(=O)Nc1cccc2ccccc12. The number of hydrogen-bond acceptors (Lipinski definition) is 4. The average Bonchev–Trinajstić information content (AvgIpc) is 2.51. The Kier molecular flexibility index (Phi) is 5.68. The van der Waals surface area contributed by atoms with E-state index in [1.165, 1.54) is 7.11 Å². The fourth-order valence-electron chi connectivity index (χ4n) is 2.10. The van der Waals surface area contributed by atoms with Crippen molar-refractivity contribution in [1.82, 2.24) is 0 Å². The van der Waals surface area contributed by atoms with Crippen molar-refractivity contribution in [2.24, 2.45) is 5.73 Å². The van der Waals surface area contributed by atoms with E-state index in [0.29, 0.717) is 12.8 Å². The smallest absolute Gasteiger partial charge is 0.224 e. The molecule has 1 atom stereocenters. The molecule has 0 radical (unpaired) electrons. The minimum Gasteiger partial charge on any atom is -0.326 e. The zero-order chi connectivity index (χ0) is 15.1. The Bertz CT molecular complexity index is 596. The number of hydrogen-bond donors (Lipinski definition) is 2. The van der Waals surface area contributed by atoms with Crippen molar-refractivity contribution in [3.63, 3.8) is 0 Å². The Balaban J connectivity index is 1.93. The highest BCUT2D eigenvalue weighted by Gasteiger charge is 2.09. The maximum absolute atomic E-state index is 12.0. The molecule has 0 heterocycles. The van der Waals surface area contributed by atoms with Gasteiger partial charge in [-0.15, -0.1) is 0 Å². The molecular formula is C16H20N2O3. The van der Waals surface area contributed by atoms with Crippen LogP contribution in [0, 0.1) is 0 Å². The molecule has 0 saturated heterocycles. The van der Waals surface area contributed by atoms with Crippen LogP contribution in [-0.4, -0.2) is 25.7 Å². The summed E-state index contributed by atoms with van der Waals surface area (Å²) in [6.07, 6.45) is 0.886. The monoisotopic (exact) mass is 288 g/mol. The van der Waals surface area contributed by atoms with E-state index < -0.39 is 0 Å². The Morgan fingerprint density at radius 1 is 1.24 bits per heavy atom. The van der Waals surface area contributed by atoms with Gasteiger partial charge in [-0.1, -0.05) is 36.4 Å². The van der Waals surface area contributed by atoms with Crippen LogP contribution in [0.4, 0.5) is 5.69 Å². The molecule has 0 bridgehead atoms. The van der Waals surface area contributed by atoms with Crippen molar-refractivity contribution in [3.05, 3.63) is 42.5 Å². The van der Waals surface area contributed by atoms with Gasteiger partial charge in [-0.2, -0.15) is 0 Å². The highest BCUT2D eigenvalue weighted by atomic mass is 17.2. The topological polar surface area (TPSA) is 73.6 Å². The molecule has 0 aliphatic heterocycles. The van der Waals surface area contributed by atoms with Gasteiger partial charge in [0, 0.05) is 23.5 Å². The lowest BCUT2D eigenvalue weighted by molar-refractivity contribution is -0.274. The molecule has 0 saturated carbocycles. The highest BCUT2D eigenvalue weighted by Crippen LogP contribution is 2.23. The van der Waals surface area contributed by atoms with Crippen LogP contribution in [0.5, 0.6) is 0 Å². The molecule has 0 fully saturated rings. The van der Waals surface area contributed by atoms with Crippen LogP contribution in [0.15, 0.2) is 42.5 Å². The van der Waals surface area contributed by atoms with Crippen LogP contribution in [0.2, 0.25) is 0 Å². The zero-order valence-electron chi connectivity index (χ0n) is 12.0. The molecule has 2 rings (SSSR count). The van der Waals surface area contributed by atoms with E-state index in [1.54, 1.807) is 0 Å². The summed E-state index contributed by atoms with van der Waals surface area (Å²) < 4.78 is 0. The van der Waals surface area contributed by atoms with Crippen molar-refractivity contribution in [1.29, 1.82) is 0 Å². The number of amides is 1. The first kappa shape index (κ1) is 15.4. The van der Waals surface area contributed by atoms with Gasteiger partial charge in [-0.3, -0.25) is 4.79 Å². The van der Waals surface area contributed by atoms with Crippen LogP contribution in [-0.2, 0) is 14.6 Å². The second-order valence-electron chi connectivity index (χ2n) is 4.82. The van der Waals surface area contributed by atoms with E-state index in [-0.39, 0.29) is 18.6 Å². The zero-order valence-corrected chi connectivity index (χ0v) is 12.0. The summed E-state index contributed by atoms with van der Waals surface area (Å²) in [6, 6.07) is 13.6. The fourth-order valence-corrected chi connectivity index (χ4v) is 2.10. The van der Waals surface area contributed by atoms with E-state index in [4.69, 9.17) is 10.6 Å². The van der Waals surface area contributed by atoms with E-state index in [9.17, 15) is 4.79 Å². The highest BCUT2D eigenvalue weighted by molar-refractivity contribution is 6.02. The Hall–Kier alpha value is -1.95. The first-order valence-corrected chi connectivity index (χ1v) is 6.89. The largest absolute Gasteiger partial charge is 0.326 e. The molecule has 0 aromatic heterocycles. The molecule has 5 nitrogen and oxygen atoms in total. The first-order chi connectivity index (χ1) is 10.2. The second-order valence-corrected chi connectivity index (χ2v) is 4.82. The Morgan fingerprint density at radius 2 is 2.00 bits per heavy atom. The summed E-state index contributed by atoms with van der Waals surface area (Å²) >= 11 is 0. The number of nitrogens with one attached hydrogen (secondary N) is 1. The predicted molar refractivity (Wildman–Crippen MR) is 82.7 cm³/mol. The lowest BCUT2D eigenvalue weighted by atomic mass is 10.1. The maximum Gasteiger partial charge on any atom is 0.224 e. The van der Waals surface area contributed by atoms with Crippen LogP contribution >= 0.6 is 0 Å². The van der Waals surface area contributed by atoms with Gasteiger partial charge < -0.3 is 11.1 Å². The van der Waals surface area contributed by atoms with Crippen LogP contribution in [0.25, 0.3) is 10.8 Å². The number of nitrogens with two attached hydrogens (primary N) is 1. The van der Waals surface area contributed by atoms with E-state index in [0.717, 1.165) is 16.5 Å². The normalized spacial score (nSPS) is 12.3. The fraction of sp³-hybridized carbons (Fsp3) is 0.312. The average molecular weight is 288 g/mol. The molecule has 2 aromatic carbocycles. The van der Waals surface area contributed by atoms with E-state index in [1.807, 2.05) is 42.5 Å². The Labute approximate surface area is 124 Å².